The van der Waals surface area contributed by atoms with Gasteiger partial charge in [-0.2, -0.15) is 0 Å². The number of methoxy groups -OCH3 is 1. The highest BCUT2D eigenvalue weighted by Crippen LogP contribution is 2.21. The molecule has 0 saturated heterocycles. The van der Waals surface area contributed by atoms with Gasteiger partial charge in [0.25, 0.3) is 0 Å². The second-order valence-electron chi connectivity index (χ2n) is 5.06. The van der Waals surface area contributed by atoms with Gasteiger partial charge < -0.3 is 15.2 Å². The molecule has 0 aliphatic heterocycles. The van der Waals surface area contributed by atoms with Gasteiger partial charge in [-0.25, -0.2) is 0 Å². The number of rotatable bonds is 6. The molecule has 0 fully saturated rings. The molecular formula is C17H21NO2. The monoisotopic (exact) mass is 271 g/mol. The number of ether oxygens (including phenoxy) is 1. The zero-order chi connectivity index (χ0) is 14.4. The Morgan fingerprint density at radius 2 is 1.85 bits per heavy atom. The average molecular weight is 271 g/mol. The van der Waals surface area contributed by atoms with Crippen LogP contribution in [0.1, 0.15) is 18.1 Å². The van der Waals surface area contributed by atoms with E-state index in [1.54, 1.807) is 7.11 Å². The summed E-state index contributed by atoms with van der Waals surface area (Å²) in [7, 11) is 1.66. The molecule has 3 nitrogen and oxygen atoms in total. The highest BCUT2D eigenvalue weighted by molar-refractivity contribution is 5.29. The molecule has 0 spiro atoms. The first-order valence-corrected chi connectivity index (χ1v) is 6.72. The zero-order valence-corrected chi connectivity index (χ0v) is 12.0. The number of hydrogen-bond acceptors (Lipinski definition) is 3. The van der Waals surface area contributed by atoms with Crippen LogP contribution in [0.2, 0.25) is 0 Å². The lowest BCUT2D eigenvalue weighted by molar-refractivity contribution is 0.173. The Morgan fingerprint density at radius 3 is 2.50 bits per heavy atom. The summed E-state index contributed by atoms with van der Waals surface area (Å²) >= 11 is 0. The van der Waals surface area contributed by atoms with E-state index in [-0.39, 0.29) is 6.61 Å². The number of nitrogens with one attached hydrogen (secondary N) is 1. The first kappa shape index (κ1) is 14.6. The van der Waals surface area contributed by atoms with Crippen LogP contribution in [-0.2, 0) is 12.1 Å². The van der Waals surface area contributed by atoms with E-state index in [0.717, 1.165) is 16.9 Å². The Balaban J connectivity index is 2.10. The van der Waals surface area contributed by atoms with Crippen LogP contribution in [0.15, 0.2) is 54.6 Å². The van der Waals surface area contributed by atoms with Gasteiger partial charge in [-0.05, 0) is 30.2 Å². The zero-order valence-electron chi connectivity index (χ0n) is 12.0. The lowest BCUT2D eigenvalue weighted by Gasteiger charge is -2.29. The fourth-order valence-electron chi connectivity index (χ4n) is 2.13. The first-order chi connectivity index (χ1) is 9.68. The third-order valence-corrected chi connectivity index (χ3v) is 3.54. The van der Waals surface area contributed by atoms with Crippen molar-refractivity contribution in [2.24, 2.45) is 0 Å². The van der Waals surface area contributed by atoms with E-state index in [4.69, 9.17) is 4.74 Å². The van der Waals surface area contributed by atoms with Crippen LogP contribution in [0.25, 0.3) is 0 Å². The van der Waals surface area contributed by atoms with Crippen LogP contribution in [0.3, 0.4) is 0 Å². The van der Waals surface area contributed by atoms with Crippen molar-refractivity contribution in [2.45, 2.75) is 19.0 Å². The lowest BCUT2D eigenvalue weighted by Crippen LogP contribution is -2.42. The van der Waals surface area contributed by atoms with Gasteiger partial charge in [-0.3, -0.25) is 0 Å². The SMILES string of the molecule is COc1cccc(CNC(C)(CO)c2ccccc2)c1. The molecule has 2 N–H and O–H groups in total. The fourth-order valence-corrected chi connectivity index (χ4v) is 2.13. The molecule has 0 aliphatic carbocycles. The van der Waals surface area contributed by atoms with Gasteiger partial charge >= 0.3 is 0 Å². The maximum absolute atomic E-state index is 9.73. The van der Waals surface area contributed by atoms with E-state index in [0.29, 0.717) is 6.54 Å². The molecule has 2 aromatic rings. The highest BCUT2D eigenvalue weighted by atomic mass is 16.5. The smallest absolute Gasteiger partial charge is 0.119 e. The van der Waals surface area contributed by atoms with Crippen LogP contribution < -0.4 is 10.1 Å². The van der Waals surface area contributed by atoms with Gasteiger partial charge in [0.2, 0.25) is 0 Å². The minimum Gasteiger partial charge on any atom is -0.497 e. The van der Waals surface area contributed by atoms with E-state index in [2.05, 4.69) is 5.32 Å². The number of hydrogen-bond donors (Lipinski definition) is 2. The maximum atomic E-state index is 9.73. The molecule has 1 unspecified atom stereocenters. The van der Waals surface area contributed by atoms with Crippen molar-refractivity contribution in [3.63, 3.8) is 0 Å². The molecule has 0 aromatic heterocycles. The lowest BCUT2D eigenvalue weighted by atomic mass is 9.92. The van der Waals surface area contributed by atoms with Crippen molar-refractivity contribution in [1.29, 1.82) is 0 Å². The van der Waals surface area contributed by atoms with E-state index in [1.165, 1.54) is 0 Å². The molecule has 20 heavy (non-hydrogen) atoms. The second-order valence-corrected chi connectivity index (χ2v) is 5.06. The minimum absolute atomic E-state index is 0.0426. The van der Waals surface area contributed by atoms with Crippen LogP contribution >= 0.6 is 0 Å². The Kier molecular flexibility index (Phi) is 4.77. The molecule has 3 heteroatoms. The van der Waals surface area contributed by atoms with Crippen molar-refractivity contribution in [3.8, 4) is 5.75 Å². The molecule has 0 heterocycles. The van der Waals surface area contributed by atoms with Crippen molar-refractivity contribution in [3.05, 3.63) is 65.7 Å². The molecule has 0 amide bonds. The summed E-state index contributed by atoms with van der Waals surface area (Å²) in [5, 5.41) is 13.2. The highest BCUT2D eigenvalue weighted by Gasteiger charge is 2.24. The molecule has 2 aromatic carbocycles. The van der Waals surface area contributed by atoms with Gasteiger partial charge in [0.15, 0.2) is 0 Å². The van der Waals surface area contributed by atoms with Gasteiger partial charge in [0.1, 0.15) is 5.75 Å². The summed E-state index contributed by atoms with van der Waals surface area (Å²) in [4.78, 5) is 0. The van der Waals surface area contributed by atoms with Crippen molar-refractivity contribution in [1.82, 2.24) is 5.32 Å². The Labute approximate surface area is 120 Å². The van der Waals surface area contributed by atoms with Crippen LogP contribution in [-0.4, -0.2) is 18.8 Å². The van der Waals surface area contributed by atoms with Crippen molar-refractivity contribution >= 4 is 0 Å². The van der Waals surface area contributed by atoms with Gasteiger partial charge in [-0.1, -0.05) is 42.5 Å². The molecule has 0 aliphatic rings. The van der Waals surface area contributed by atoms with E-state index < -0.39 is 5.54 Å². The van der Waals surface area contributed by atoms with E-state index in [1.807, 2.05) is 61.5 Å². The molecule has 0 radical (unpaired) electrons. The quantitative estimate of drug-likeness (QED) is 0.849. The molecule has 2 rings (SSSR count). The summed E-state index contributed by atoms with van der Waals surface area (Å²) in [6, 6.07) is 17.9. The van der Waals surface area contributed by atoms with Gasteiger partial charge in [0.05, 0.1) is 19.3 Å². The third-order valence-electron chi connectivity index (χ3n) is 3.54. The van der Waals surface area contributed by atoms with E-state index in [9.17, 15) is 5.11 Å². The first-order valence-electron chi connectivity index (χ1n) is 6.72. The molecular weight excluding hydrogens is 250 g/mol. The average Bonchev–Trinajstić information content (AvgIpc) is 2.53. The number of benzene rings is 2. The number of aliphatic hydroxyl groups is 1. The summed E-state index contributed by atoms with van der Waals surface area (Å²) in [6.45, 7) is 2.71. The summed E-state index contributed by atoms with van der Waals surface area (Å²) in [5.41, 5.74) is 1.75. The standard InChI is InChI=1S/C17H21NO2/c1-17(13-19,15-8-4-3-5-9-15)18-12-14-7-6-10-16(11-14)20-2/h3-11,18-19H,12-13H2,1-2H3. The second kappa shape index (κ2) is 6.55. The van der Waals surface area contributed by atoms with Crippen molar-refractivity contribution < 1.29 is 9.84 Å². The van der Waals surface area contributed by atoms with Crippen LogP contribution in [0, 0.1) is 0 Å². The topological polar surface area (TPSA) is 41.5 Å². The molecule has 106 valence electrons. The fraction of sp³-hybridized carbons (Fsp3) is 0.294. The van der Waals surface area contributed by atoms with Crippen LogP contribution in [0.4, 0.5) is 0 Å². The third kappa shape index (κ3) is 3.38. The normalized spacial score (nSPS) is 13.8. The molecule has 0 bridgehead atoms. The maximum Gasteiger partial charge on any atom is 0.119 e. The molecule has 0 saturated carbocycles. The Morgan fingerprint density at radius 1 is 1.10 bits per heavy atom. The van der Waals surface area contributed by atoms with Crippen LogP contribution in [0.5, 0.6) is 5.75 Å². The molecule has 1 atom stereocenters. The predicted octanol–water partition coefficient (Wildman–Crippen LogP) is 2.69. The van der Waals surface area contributed by atoms with Gasteiger partial charge in [0, 0.05) is 6.54 Å². The van der Waals surface area contributed by atoms with Gasteiger partial charge in [-0.15, -0.1) is 0 Å². The van der Waals surface area contributed by atoms with E-state index >= 15 is 0 Å². The number of aliphatic hydroxyl groups excluding tert-OH is 1. The minimum atomic E-state index is -0.454. The summed E-state index contributed by atoms with van der Waals surface area (Å²) < 4.78 is 5.22. The Hall–Kier alpha value is -1.84. The Bertz CT molecular complexity index is 542. The predicted molar refractivity (Wildman–Crippen MR) is 80.7 cm³/mol. The summed E-state index contributed by atoms with van der Waals surface area (Å²) in [6.07, 6.45) is 0. The largest absolute Gasteiger partial charge is 0.497 e. The summed E-state index contributed by atoms with van der Waals surface area (Å²) in [5.74, 6) is 0.842. The van der Waals surface area contributed by atoms with Crippen molar-refractivity contribution in [2.75, 3.05) is 13.7 Å².